The number of aromatic amines is 2. The van der Waals surface area contributed by atoms with Crippen molar-refractivity contribution in [3.63, 3.8) is 0 Å². The average molecular weight is 375 g/mol. The summed E-state index contributed by atoms with van der Waals surface area (Å²) in [6.07, 6.45) is 13.2. The van der Waals surface area contributed by atoms with Gasteiger partial charge in [0.2, 0.25) is 0 Å². The fraction of sp³-hybridized carbons (Fsp3) is 0.500. The minimum absolute atomic E-state index is 0.632. The topological polar surface area (TPSA) is 57.4 Å². The van der Waals surface area contributed by atoms with E-state index in [-0.39, 0.29) is 0 Å². The molecule has 0 saturated heterocycles. The predicted octanol–water partition coefficient (Wildman–Crippen LogP) is 6.56. The van der Waals surface area contributed by atoms with E-state index >= 15 is 0 Å². The van der Waals surface area contributed by atoms with Crippen LogP contribution in [-0.2, 0) is 0 Å². The largest absolute Gasteiger partial charge is 0.278 e. The molecule has 5 rings (SSSR count). The van der Waals surface area contributed by atoms with Crippen LogP contribution in [0.4, 0.5) is 0 Å². The maximum Gasteiger partial charge on any atom is 0.0659 e. The molecule has 2 N–H and O–H groups in total. The lowest BCUT2D eigenvalue weighted by molar-refractivity contribution is 0.436. The second kappa shape index (κ2) is 7.94. The molecule has 4 heteroatoms. The molecule has 3 aromatic rings. The predicted molar refractivity (Wildman–Crippen MR) is 113 cm³/mol. The SMILES string of the molecule is c1cc(-c2cc(C3CCCCC3)n[nH]2)cc(-c2cc(C3CCCCC3)n[nH]2)c1. The number of benzene rings is 1. The summed E-state index contributed by atoms with van der Waals surface area (Å²) in [6.45, 7) is 0. The summed E-state index contributed by atoms with van der Waals surface area (Å²) in [5, 5.41) is 15.8. The second-order valence-electron chi connectivity index (χ2n) is 8.66. The van der Waals surface area contributed by atoms with Crippen LogP contribution in [0, 0.1) is 0 Å². The molecule has 146 valence electrons. The van der Waals surface area contributed by atoms with Crippen LogP contribution in [0.25, 0.3) is 22.5 Å². The van der Waals surface area contributed by atoms with Crippen LogP contribution in [0.1, 0.15) is 87.4 Å². The van der Waals surface area contributed by atoms with Crippen LogP contribution < -0.4 is 0 Å². The van der Waals surface area contributed by atoms with Crippen LogP contribution >= 0.6 is 0 Å². The number of hydrogen-bond donors (Lipinski definition) is 2. The molecule has 4 nitrogen and oxygen atoms in total. The van der Waals surface area contributed by atoms with E-state index in [1.165, 1.54) is 86.7 Å². The van der Waals surface area contributed by atoms with Gasteiger partial charge >= 0.3 is 0 Å². The molecule has 2 aromatic heterocycles. The van der Waals surface area contributed by atoms with Crippen LogP contribution in [0.15, 0.2) is 36.4 Å². The van der Waals surface area contributed by atoms with Crippen molar-refractivity contribution in [2.45, 2.75) is 76.0 Å². The molecule has 0 bridgehead atoms. The number of hydrogen-bond acceptors (Lipinski definition) is 2. The highest BCUT2D eigenvalue weighted by Crippen LogP contribution is 2.35. The molecule has 0 atom stereocenters. The van der Waals surface area contributed by atoms with Crippen molar-refractivity contribution >= 4 is 0 Å². The van der Waals surface area contributed by atoms with E-state index in [2.05, 4.69) is 56.8 Å². The summed E-state index contributed by atoms with van der Waals surface area (Å²) in [7, 11) is 0. The monoisotopic (exact) mass is 374 g/mol. The van der Waals surface area contributed by atoms with Gasteiger partial charge in [-0.1, -0.05) is 56.7 Å². The van der Waals surface area contributed by atoms with Crippen molar-refractivity contribution in [2.75, 3.05) is 0 Å². The molecule has 0 aliphatic heterocycles. The first kappa shape index (κ1) is 17.7. The van der Waals surface area contributed by atoms with Gasteiger partial charge in [0.05, 0.1) is 22.8 Å². The minimum Gasteiger partial charge on any atom is -0.278 e. The van der Waals surface area contributed by atoms with E-state index in [1.807, 2.05) is 0 Å². The summed E-state index contributed by atoms with van der Waals surface area (Å²) in [5.41, 5.74) is 7.10. The van der Waals surface area contributed by atoms with Gasteiger partial charge in [0.15, 0.2) is 0 Å². The van der Waals surface area contributed by atoms with Gasteiger partial charge in [-0.15, -0.1) is 0 Å². The third-order valence-electron chi connectivity index (χ3n) is 6.73. The number of aromatic nitrogens is 4. The van der Waals surface area contributed by atoms with Crippen LogP contribution in [0.5, 0.6) is 0 Å². The minimum atomic E-state index is 0.632. The highest BCUT2D eigenvalue weighted by molar-refractivity contribution is 5.69. The summed E-state index contributed by atoms with van der Waals surface area (Å²) in [5.74, 6) is 1.26. The quantitative estimate of drug-likeness (QED) is 0.543. The van der Waals surface area contributed by atoms with Crippen molar-refractivity contribution in [2.24, 2.45) is 0 Å². The summed E-state index contributed by atoms with van der Waals surface area (Å²) >= 11 is 0. The summed E-state index contributed by atoms with van der Waals surface area (Å²) < 4.78 is 0. The Balaban J connectivity index is 1.36. The first-order valence-electron chi connectivity index (χ1n) is 11.1. The lowest BCUT2D eigenvalue weighted by atomic mass is 9.86. The highest BCUT2D eigenvalue weighted by atomic mass is 15.1. The zero-order valence-corrected chi connectivity index (χ0v) is 16.6. The Morgan fingerprint density at radius 1 is 0.607 bits per heavy atom. The van der Waals surface area contributed by atoms with E-state index in [4.69, 9.17) is 0 Å². The molecular formula is C24H30N4. The van der Waals surface area contributed by atoms with Crippen molar-refractivity contribution in [3.05, 3.63) is 47.8 Å². The molecule has 2 aliphatic rings. The van der Waals surface area contributed by atoms with Crippen molar-refractivity contribution < 1.29 is 0 Å². The van der Waals surface area contributed by atoms with Gasteiger partial charge in [-0.05, 0) is 43.9 Å². The average Bonchev–Trinajstić information content (AvgIpc) is 3.46. The maximum atomic E-state index is 4.64. The normalized spacial score (nSPS) is 19.1. The highest BCUT2D eigenvalue weighted by Gasteiger charge is 2.20. The van der Waals surface area contributed by atoms with Gasteiger partial charge in [-0.3, -0.25) is 10.2 Å². The molecule has 1 aromatic carbocycles. The summed E-state index contributed by atoms with van der Waals surface area (Å²) in [6, 6.07) is 13.2. The molecule has 2 saturated carbocycles. The number of nitrogens with zero attached hydrogens (tertiary/aromatic N) is 2. The van der Waals surface area contributed by atoms with Gasteiger partial charge in [0, 0.05) is 23.0 Å². The third-order valence-corrected chi connectivity index (χ3v) is 6.73. The molecule has 2 fully saturated rings. The fourth-order valence-electron chi connectivity index (χ4n) is 5.04. The fourth-order valence-corrected chi connectivity index (χ4v) is 5.04. The van der Waals surface area contributed by atoms with E-state index in [1.54, 1.807) is 0 Å². The Bertz CT molecular complexity index is 839. The van der Waals surface area contributed by atoms with Crippen molar-refractivity contribution in [1.82, 2.24) is 20.4 Å². The number of rotatable bonds is 4. The Morgan fingerprint density at radius 2 is 1.07 bits per heavy atom. The number of H-pyrrole nitrogens is 2. The smallest absolute Gasteiger partial charge is 0.0659 e. The standard InChI is InChI=1S/C24H30N4/c1-3-8-17(9-4-1)21-15-23(27-25-21)19-12-7-13-20(14-19)24-16-22(26-28-24)18-10-5-2-6-11-18/h7,12-18H,1-6,8-11H2,(H,25,27)(H,26,28). The Kier molecular flexibility index (Phi) is 5.03. The first-order valence-corrected chi connectivity index (χ1v) is 11.1. The Hall–Kier alpha value is -2.36. The molecule has 2 aliphatic carbocycles. The van der Waals surface area contributed by atoms with Gasteiger partial charge < -0.3 is 0 Å². The zero-order valence-electron chi connectivity index (χ0n) is 16.6. The molecule has 0 amide bonds. The first-order chi connectivity index (χ1) is 13.9. The Labute approximate surface area is 167 Å². The molecule has 0 unspecified atom stereocenters. The van der Waals surface area contributed by atoms with Crippen LogP contribution in [0.2, 0.25) is 0 Å². The van der Waals surface area contributed by atoms with Gasteiger partial charge in [-0.25, -0.2) is 0 Å². The van der Waals surface area contributed by atoms with Crippen molar-refractivity contribution in [3.8, 4) is 22.5 Å². The van der Waals surface area contributed by atoms with E-state index in [0.717, 1.165) is 11.4 Å². The van der Waals surface area contributed by atoms with Crippen molar-refractivity contribution in [1.29, 1.82) is 0 Å². The lowest BCUT2D eigenvalue weighted by Crippen LogP contribution is -2.04. The van der Waals surface area contributed by atoms with Crippen LogP contribution in [0.3, 0.4) is 0 Å². The molecular weight excluding hydrogens is 344 g/mol. The molecule has 28 heavy (non-hydrogen) atoms. The maximum absolute atomic E-state index is 4.64. The van der Waals surface area contributed by atoms with Crippen LogP contribution in [-0.4, -0.2) is 20.4 Å². The molecule has 0 spiro atoms. The van der Waals surface area contributed by atoms with Gasteiger partial charge in [-0.2, -0.15) is 10.2 Å². The van der Waals surface area contributed by atoms with E-state index < -0.39 is 0 Å². The number of nitrogens with one attached hydrogen (secondary N) is 2. The second-order valence-corrected chi connectivity index (χ2v) is 8.66. The van der Waals surface area contributed by atoms with Gasteiger partial charge in [0.1, 0.15) is 0 Å². The third kappa shape index (κ3) is 3.65. The molecule has 2 heterocycles. The van der Waals surface area contributed by atoms with E-state index in [9.17, 15) is 0 Å². The Morgan fingerprint density at radius 3 is 1.54 bits per heavy atom. The zero-order chi connectivity index (χ0) is 18.8. The van der Waals surface area contributed by atoms with E-state index in [0.29, 0.717) is 11.8 Å². The molecule has 0 radical (unpaired) electrons. The lowest BCUT2D eigenvalue weighted by Gasteiger charge is -2.19. The van der Waals surface area contributed by atoms with Gasteiger partial charge in [0.25, 0.3) is 0 Å². The summed E-state index contributed by atoms with van der Waals surface area (Å²) in [4.78, 5) is 0.